The molecule has 0 heteroatoms. The molecule has 0 saturated heterocycles. The Bertz CT molecular complexity index is 1470. The predicted molar refractivity (Wildman–Crippen MR) is 169 cm³/mol. The van der Waals surface area contributed by atoms with Crippen LogP contribution in [-0.2, 0) is 51.4 Å². The van der Waals surface area contributed by atoms with E-state index in [1.54, 1.807) is 55.6 Å². The molecule has 1 aliphatic rings. The molecule has 0 bridgehead atoms. The first-order valence-electron chi connectivity index (χ1n) is 15.4. The summed E-state index contributed by atoms with van der Waals surface area (Å²) in [5.74, 6) is 0. The predicted octanol–water partition coefficient (Wildman–Crippen LogP) is 10.1. The Labute approximate surface area is 231 Å². The van der Waals surface area contributed by atoms with Gasteiger partial charge in [-0.05, 0) is 191 Å². The molecule has 0 aliphatic heterocycles. The maximum Gasteiger partial charge on any atom is -0.00142 e. The molecule has 4 aromatic rings. The van der Waals surface area contributed by atoms with E-state index in [2.05, 4.69) is 81.4 Å². The maximum atomic E-state index is 2.63. The largest absolute Gasteiger partial charge is 0.0613 e. The lowest BCUT2D eigenvalue weighted by molar-refractivity contribution is 0.913. The van der Waals surface area contributed by atoms with Crippen LogP contribution in [0.2, 0.25) is 0 Å². The summed E-state index contributed by atoms with van der Waals surface area (Å²) in [6, 6.07) is 5.26. The van der Waals surface area contributed by atoms with Crippen molar-refractivity contribution < 1.29 is 0 Å². The van der Waals surface area contributed by atoms with Crippen molar-refractivity contribution in [3.05, 3.63) is 90.0 Å². The van der Waals surface area contributed by atoms with E-state index in [9.17, 15) is 0 Å². The van der Waals surface area contributed by atoms with E-state index in [1.165, 1.54) is 43.8 Å². The van der Waals surface area contributed by atoms with E-state index >= 15 is 0 Å². The molecule has 0 atom stereocenters. The molecule has 0 heterocycles. The van der Waals surface area contributed by atoms with Crippen molar-refractivity contribution in [2.24, 2.45) is 0 Å². The van der Waals surface area contributed by atoms with Gasteiger partial charge in [-0.2, -0.15) is 0 Å². The number of benzene rings is 4. The van der Waals surface area contributed by atoms with Crippen molar-refractivity contribution in [2.75, 3.05) is 0 Å². The first kappa shape index (κ1) is 27.0. The van der Waals surface area contributed by atoms with Crippen molar-refractivity contribution >= 4 is 21.5 Å². The van der Waals surface area contributed by atoms with Crippen molar-refractivity contribution in [1.82, 2.24) is 0 Å². The summed E-state index contributed by atoms with van der Waals surface area (Å²) in [6.45, 7) is 23.6. The molecular formula is C38H48. The molecule has 0 aromatic heterocycles. The lowest BCUT2D eigenvalue weighted by atomic mass is 9.73. The minimum absolute atomic E-state index is 1.10. The molecule has 5 rings (SSSR count). The van der Waals surface area contributed by atoms with Crippen LogP contribution in [0.15, 0.2) is 12.1 Å². The van der Waals surface area contributed by atoms with Crippen LogP contribution < -0.4 is 0 Å². The van der Waals surface area contributed by atoms with Crippen LogP contribution in [0.25, 0.3) is 21.5 Å². The summed E-state index contributed by atoms with van der Waals surface area (Å²) in [4.78, 5) is 0. The molecule has 1 aliphatic carbocycles. The Balaban J connectivity index is 1.94. The summed E-state index contributed by atoms with van der Waals surface area (Å²) >= 11 is 0. The minimum atomic E-state index is 1.10. The van der Waals surface area contributed by atoms with Crippen molar-refractivity contribution in [2.45, 2.75) is 121 Å². The van der Waals surface area contributed by atoms with Gasteiger partial charge in [-0.25, -0.2) is 0 Å². The van der Waals surface area contributed by atoms with E-state index in [0.717, 1.165) is 51.4 Å². The molecular weight excluding hydrogens is 456 g/mol. The first-order valence-corrected chi connectivity index (χ1v) is 15.4. The zero-order valence-electron chi connectivity index (χ0n) is 25.8. The molecule has 200 valence electrons. The fraction of sp³-hybridized carbons (Fsp3) is 0.474. The highest BCUT2D eigenvalue weighted by Gasteiger charge is 2.28. The molecule has 0 nitrogen and oxygen atoms in total. The van der Waals surface area contributed by atoms with E-state index in [-0.39, 0.29) is 0 Å². The van der Waals surface area contributed by atoms with Crippen LogP contribution in [0, 0.1) is 27.7 Å². The summed E-state index contributed by atoms with van der Waals surface area (Å²) in [5, 5.41) is 6.11. The third kappa shape index (κ3) is 3.70. The van der Waals surface area contributed by atoms with Gasteiger partial charge >= 0.3 is 0 Å². The molecule has 38 heavy (non-hydrogen) atoms. The highest BCUT2D eigenvalue weighted by atomic mass is 14.3. The van der Waals surface area contributed by atoms with Crippen LogP contribution in [0.5, 0.6) is 0 Å². The maximum absolute atomic E-state index is 2.63. The normalized spacial score (nSPS) is 12.9. The standard InChI is InChI=1S/C38H48/c1-11-25-26(12-2)28(14-4)36-20-38-30(16-6)34-18-32-24(10)22(8)21(7)23(9)31(32)17-33(34)29(15-5)37(38)19-35(36)27(25)13-3/h19-20H,11-18H2,1-10H3. The molecule has 4 aromatic carbocycles. The zero-order chi connectivity index (χ0) is 27.5. The smallest absolute Gasteiger partial charge is 0.00142 e. The van der Waals surface area contributed by atoms with Gasteiger partial charge in [0.25, 0.3) is 0 Å². The molecule has 0 fully saturated rings. The number of hydrogen-bond donors (Lipinski definition) is 0. The highest BCUT2D eigenvalue weighted by molar-refractivity contribution is 6.05. The van der Waals surface area contributed by atoms with Crippen LogP contribution in [0.1, 0.15) is 119 Å². The van der Waals surface area contributed by atoms with Gasteiger partial charge in [0.1, 0.15) is 0 Å². The molecule has 0 radical (unpaired) electrons. The lowest BCUT2D eigenvalue weighted by Crippen LogP contribution is -2.17. The second kappa shape index (κ2) is 10.2. The second-order valence-electron chi connectivity index (χ2n) is 11.7. The van der Waals surface area contributed by atoms with E-state index in [1.807, 2.05) is 0 Å². The molecule has 0 amide bonds. The molecule has 0 unspecified atom stereocenters. The lowest BCUT2D eigenvalue weighted by Gasteiger charge is -2.31. The van der Waals surface area contributed by atoms with Gasteiger partial charge in [0.15, 0.2) is 0 Å². The number of hydrogen-bond acceptors (Lipinski definition) is 0. The second-order valence-corrected chi connectivity index (χ2v) is 11.7. The summed E-state index contributed by atoms with van der Waals surface area (Å²) in [6.07, 6.45) is 8.87. The number of fused-ring (bicyclic) bond motifs is 4. The fourth-order valence-electron chi connectivity index (χ4n) is 8.17. The average Bonchev–Trinajstić information content (AvgIpc) is 2.94. The van der Waals surface area contributed by atoms with Gasteiger partial charge in [0.2, 0.25) is 0 Å². The molecule has 0 spiro atoms. The zero-order valence-corrected chi connectivity index (χ0v) is 25.8. The van der Waals surface area contributed by atoms with Gasteiger partial charge < -0.3 is 0 Å². The Morgan fingerprint density at radius 2 is 0.658 bits per heavy atom. The minimum Gasteiger partial charge on any atom is -0.0613 e. The first-order chi connectivity index (χ1) is 18.3. The summed E-state index contributed by atoms with van der Waals surface area (Å²) in [7, 11) is 0. The van der Waals surface area contributed by atoms with Gasteiger partial charge in [-0.3, -0.25) is 0 Å². The fourth-order valence-corrected chi connectivity index (χ4v) is 8.17. The Hall–Kier alpha value is -2.60. The van der Waals surface area contributed by atoms with E-state index in [0.29, 0.717) is 0 Å². The topological polar surface area (TPSA) is 0 Å². The van der Waals surface area contributed by atoms with Gasteiger partial charge in [-0.1, -0.05) is 41.5 Å². The monoisotopic (exact) mass is 504 g/mol. The van der Waals surface area contributed by atoms with Crippen molar-refractivity contribution in [3.8, 4) is 0 Å². The SMILES string of the molecule is CCc1c(CC)c(CC)c2cc3c(CC)c4c(c(CC)c3cc2c1CC)Cc1c(C)c(C)c(C)c(C)c1C4. The average molecular weight is 505 g/mol. The third-order valence-electron chi connectivity index (χ3n) is 10.4. The summed E-state index contributed by atoms with van der Waals surface area (Å²) < 4.78 is 0. The Morgan fingerprint density at radius 3 is 0.947 bits per heavy atom. The van der Waals surface area contributed by atoms with Crippen LogP contribution >= 0.6 is 0 Å². The van der Waals surface area contributed by atoms with Crippen LogP contribution in [-0.4, -0.2) is 0 Å². The van der Waals surface area contributed by atoms with Crippen LogP contribution in [0.3, 0.4) is 0 Å². The van der Waals surface area contributed by atoms with Crippen molar-refractivity contribution in [3.63, 3.8) is 0 Å². The van der Waals surface area contributed by atoms with Crippen LogP contribution in [0.4, 0.5) is 0 Å². The number of rotatable bonds is 6. The highest BCUT2D eigenvalue weighted by Crippen LogP contribution is 2.44. The number of aryl methyl sites for hydroxylation is 4. The Kier molecular flexibility index (Phi) is 7.23. The van der Waals surface area contributed by atoms with E-state index < -0.39 is 0 Å². The van der Waals surface area contributed by atoms with Gasteiger partial charge in [-0.15, -0.1) is 0 Å². The van der Waals surface area contributed by atoms with Crippen molar-refractivity contribution in [1.29, 1.82) is 0 Å². The quantitative estimate of drug-likeness (QED) is 0.202. The van der Waals surface area contributed by atoms with Gasteiger partial charge in [0.05, 0.1) is 0 Å². The molecule has 0 N–H and O–H groups in total. The van der Waals surface area contributed by atoms with E-state index in [4.69, 9.17) is 0 Å². The Morgan fingerprint density at radius 1 is 0.368 bits per heavy atom. The third-order valence-corrected chi connectivity index (χ3v) is 10.4. The van der Waals surface area contributed by atoms with Gasteiger partial charge in [0, 0.05) is 0 Å². The summed E-state index contributed by atoms with van der Waals surface area (Å²) in [5.41, 5.74) is 22.2. The molecule has 0 saturated carbocycles.